The molecule has 0 atom stereocenters. The average Bonchev–Trinajstić information content (AvgIpc) is 3.05. The van der Waals surface area contributed by atoms with Crippen LogP contribution in [0.2, 0.25) is 0 Å². The van der Waals surface area contributed by atoms with Gasteiger partial charge in [0.1, 0.15) is 0 Å². The van der Waals surface area contributed by atoms with Crippen LogP contribution in [0.5, 0.6) is 0 Å². The number of halogens is 3. The third-order valence-electron chi connectivity index (χ3n) is 6.71. The molecule has 2 aromatic heterocycles. The average molecular weight is 746 g/mol. The summed E-state index contributed by atoms with van der Waals surface area (Å²) in [6.07, 6.45) is -0.862. The van der Waals surface area contributed by atoms with Gasteiger partial charge in [-0.2, -0.15) is 13.2 Å². The fourth-order valence-corrected chi connectivity index (χ4v) is 4.62. The van der Waals surface area contributed by atoms with Gasteiger partial charge >= 0.3 is 6.18 Å². The van der Waals surface area contributed by atoms with E-state index in [1.54, 1.807) is 24.4 Å². The van der Waals surface area contributed by atoms with E-state index in [0.29, 0.717) is 22.1 Å². The third kappa shape index (κ3) is 6.86. The minimum Gasteiger partial charge on any atom is -0.305 e. The molecule has 213 valence electrons. The van der Waals surface area contributed by atoms with E-state index >= 15 is 0 Å². The molecular weight excluding hydrogens is 724 g/mol. The molecule has 43 heavy (non-hydrogen) atoms. The molecule has 0 saturated heterocycles. The van der Waals surface area contributed by atoms with Gasteiger partial charge in [0.05, 0.1) is 16.9 Å². The molecular formula is C36H22F3IrN3-2. The van der Waals surface area contributed by atoms with Crippen LogP contribution in [-0.4, -0.2) is 15.0 Å². The Morgan fingerprint density at radius 1 is 0.605 bits per heavy atom. The molecule has 0 N–H and O–H groups in total. The molecule has 0 aliphatic carbocycles. The molecule has 0 spiro atoms. The SMILES string of the molecule is FC(F)(F)c1ccc2c(ccc3nc(-c4[c-]cccc4)ncc32)c1.[Ir].[c-]1ccccc1-c1cc(-c2ccccc2)ccn1. The predicted octanol–water partition coefficient (Wildman–Crippen LogP) is 9.48. The largest absolute Gasteiger partial charge is 0.416 e. The summed E-state index contributed by atoms with van der Waals surface area (Å²) in [7, 11) is 0. The quantitative estimate of drug-likeness (QED) is 0.134. The minimum atomic E-state index is -4.35. The molecule has 7 rings (SSSR count). The molecule has 0 amide bonds. The summed E-state index contributed by atoms with van der Waals surface area (Å²) in [4.78, 5) is 13.2. The molecule has 7 aromatic rings. The van der Waals surface area contributed by atoms with Crippen LogP contribution < -0.4 is 0 Å². The van der Waals surface area contributed by atoms with Crippen LogP contribution >= 0.6 is 0 Å². The maximum atomic E-state index is 12.8. The summed E-state index contributed by atoms with van der Waals surface area (Å²) in [5.41, 5.74) is 5.16. The number of hydrogen-bond donors (Lipinski definition) is 0. The molecule has 0 unspecified atom stereocenters. The predicted molar refractivity (Wildman–Crippen MR) is 160 cm³/mol. The topological polar surface area (TPSA) is 38.7 Å². The van der Waals surface area contributed by atoms with Crippen LogP contribution in [0.1, 0.15) is 5.56 Å². The molecule has 1 radical (unpaired) electrons. The Labute approximate surface area is 260 Å². The first-order valence-corrected chi connectivity index (χ1v) is 13.2. The maximum Gasteiger partial charge on any atom is 0.416 e. The molecule has 0 aliphatic heterocycles. The van der Waals surface area contributed by atoms with E-state index in [4.69, 9.17) is 0 Å². The number of hydrogen-bond acceptors (Lipinski definition) is 3. The van der Waals surface area contributed by atoms with Crippen LogP contribution in [0.25, 0.3) is 55.4 Å². The van der Waals surface area contributed by atoms with Gasteiger partial charge in [0.25, 0.3) is 0 Å². The standard InChI is InChI=1S/C19H10F3N2.C17H12N.Ir/c20-19(21,22)14-7-8-15-13(10-14)6-9-17-16(15)11-23-18(24-17)12-4-2-1-3-5-12;1-3-7-14(8-4-1)16-11-12-18-17(13-16)15-9-5-2-6-10-15;/h1-4,6-11H;1-9,11-13H;/q2*-1;. The van der Waals surface area contributed by atoms with Crippen molar-refractivity contribution in [3.8, 4) is 33.8 Å². The van der Waals surface area contributed by atoms with Crippen molar-refractivity contribution in [3.05, 3.63) is 151 Å². The smallest absolute Gasteiger partial charge is 0.305 e. The first-order chi connectivity index (χ1) is 20.5. The second-order valence-corrected chi connectivity index (χ2v) is 9.47. The Morgan fingerprint density at radius 3 is 2.02 bits per heavy atom. The van der Waals surface area contributed by atoms with E-state index in [2.05, 4.69) is 45.3 Å². The van der Waals surface area contributed by atoms with Gasteiger partial charge in [-0.15, -0.1) is 71.8 Å². The normalized spacial score (nSPS) is 11.0. The van der Waals surface area contributed by atoms with Crippen molar-refractivity contribution >= 4 is 21.7 Å². The van der Waals surface area contributed by atoms with Crippen molar-refractivity contribution in [1.82, 2.24) is 15.0 Å². The number of fused-ring (bicyclic) bond motifs is 3. The van der Waals surface area contributed by atoms with Gasteiger partial charge < -0.3 is 4.98 Å². The summed E-state index contributed by atoms with van der Waals surface area (Å²) in [5, 5.41) is 1.94. The third-order valence-corrected chi connectivity index (χ3v) is 6.71. The maximum absolute atomic E-state index is 12.8. The zero-order valence-corrected chi connectivity index (χ0v) is 24.9. The van der Waals surface area contributed by atoms with Crippen molar-refractivity contribution in [2.45, 2.75) is 6.18 Å². The Hall–Kier alpha value is -4.71. The first-order valence-electron chi connectivity index (χ1n) is 13.2. The summed E-state index contributed by atoms with van der Waals surface area (Å²) < 4.78 is 38.5. The zero-order chi connectivity index (χ0) is 28.9. The molecule has 0 fully saturated rings. The number of benzene rings is 5. The second-order valence-electron chi connectivity index (χ2n) is 9.47. The van der Waals surface area contributed by atoms with Gasteiger partial charge in [0, 0.05) is 37.9 Å². The number of alkyl halides is 3. The summed E-state index contributed by atoms with van der Waals surface area (Å²) in [6, 6.07) is 43.1. The number of nitrogens with zero attached hydrogens (tertiary/aromatic N) is 3. The van der Waals surface area contributed by atoms with Crippen molar-refractivity contribution in [1.29, 1.82) is 0 Å². The van der Waals surface area contributed by atoms with E-state index in [1.165, 1.54) is 17.2 Å². The van der Waals surface area contributed by atoms with Crippen LogP contribution in [0.4, 0.5) is 13.2 Å². The van der Waals surface area contributed by atoms with E-state index in [1.807, 2.05) is 72.9 Å². The monoisotopic (exact) mass is 746 g/mol. The zero-order valence-electron chi connectivity index (χ0n) is 22.5. The van der Waals surface area contributed by atoms with Crippen molar-refractivity contribution in [3.63, 3.8) is 0 Å². The van der Waals surface area contributed by atoms with E-state index in [-0.39, 0.29) is 20.1 Å². The van der Waals surface area contributed by atoms with Gasteiger partial charge in [-0.1, -0.05) is 48.5 Å². The van der Waals surface area contributed by atoms with Gasteiger partial charge in [0.2, 0.25) is 0 Å². The molecule has 0 saturated carbocycles. The van der Waals surface area contributed by atoms with E-state index in [0.717, 1.165) is 34.3 Å². The molecule has 2 heterocycles. The molecule has 3 nitrogen and oxygen atoms in total. The molecule has 7 heteroatoms. The molecule has 0 bridgehead atoms. The summed E-state index contributed by atoms with van der Waals surface area (Å²) >= 11 is 0. The van der Waals surface area contributed by atoms with Crippen LogP contribution in [0, 0.1) is 12.1 Å². The van der Waals surface area contributed by atoms with Gasteiger partial charge in [0.15, 0.2) is 0 Å². The van der Waals surface area contributed by atoms with Crippen molar-refractivity contribution < 1.29 is 33.3 Å². The minimum absolute atomic E-state index is 0. The van der Waals surface area contributed by atoms with Gasteiger partial charge in [-0.05, 0) is 51.9 Å². The fraction of sp³-hybridized carbons (Fsp3) is 0.0278. The van der Waals surface area contributed by atoms with Crippen LogP contribution in [0.15, 0.2) is 134 Å². The molecule has 0 aliphatic rings. The van der Waals surface area contributed by atoms with E-state index in [9.17, 15) is 13.2 Å². The van der Waals surface area contributed by atoms with E-state index < -0.39 is 11.7 Å². The Kier molecular flexibility index (Phi) is 9.05. The second kappa shape index (κ2) is 13.1. The number of rotatable bonds is 3. The first kappa shape index (κ1) is 29.8. The van der Waals surface area contributed by atoms with Crippen LogP contribution in [-0.2, 0) is 26.3 Å². The van der Waals surface area contributed by atoms with Gasteiger partial charge in [-0.3, -0.25) is 9.97 Å². The summed E-state index contributed by atoms with van der Waals surface area (Å²) in [5.74, 6) is 0.536. The summed E-state index contributed by atoms with van der Waals surface area (Å²) in [6.45, 7) is 0. The Bertz CT molecular complexity index is 1910. The number of aromatic nitrogens is 3. The van der Waals surface area contributed by atoms with Gasteiger partial charge in [-0.25, -0.2) is 0 Å². The molecule has 5 aromatic carbocycles. The van der Waals surface area contributed by atoms with Crippen LogP contribution in [0.3, 0.4) is 0 Å². The Morgan fingerprint density at radius 2 is 1.33 bits per heavy atom. The fourth-order valence-electron chi connectivity index (χ4n) is 4.62. The van der Waals surface area contributed by atoms with Crippen molar-refractivity contribution in [2.75, 3.05) is 0 Å². The number of pyridine rings is 1. The Balaban J connectivity index is 0.000000174. The van der Waals surface area contributed by atoms with Crippen molar-refractivity contribution in [2.24, 2.45) is 0 Å².